The zero-order valence-electron chi connectivity index (χ0n) is 17.2. The molecule has 1 amide bonds. The van der Waals surface area contributed by atoms with Gasteiger partial charge in [-0.25, -0.2) is 14.2 Å². The average Bonchev–Trinajstić information content (AvgIpc) is 2.96. The summed E-state index contributed by atoms with van der Waals surface area (Å²) in [7, 11) is 0. The summed E-state index contributed by atoms with van der Waals surface area (Å²) >= 11 is 0. The van der Waals surface area contributed by atoms with Gasteiger partial charge in [-0.1, -0.05) is 12.1 Å². The fourth-order valence-electron chi connectivity index (χ4n) is 3.02. The van der Waals surface area contributed by atoms with E-state index in [2.05, 4.69) is 10.3 Å². The zero-order chi connectivity index (χ0) is 21.3. The third-order valence-electron chi connectivity index (χ3n) is 4.34. The van der Waals surface area contributed by atoms with Crippen molar-refractivity contribution >= 4 is 17.5 Å². The number of ether oxygens (including phenoxy) is 1. The third-order valence-corrected chi connectivity index (χ3v) is 4.34. The molecule has 0 fully saturated rings. The molecule has 0 saturated heterocycles. The van der Waals surface area contributed by atoms with Gasteiger partial charge in [-0.05, 0) is 63.9 Å². The highest BCUT2D eigenvalue weighted by Crippen LogP contribution is 2.20. The summed E-state index contributed by atoms with van der Waals surface area (Å²) < 4.78 is 20.4. The van der Waals surface area contributed by atoms with Gasteiger partial charge in [-0.2, -0.15) is 0 Å². The maximum Gasteiger partial charge on any atom is 0.357 e. The summed E-state index contributed by atoms with van der Waals surface area (Å²) in [5, 5.41) is 2.82. The molecule has 6 nitrogen and oxygen atoms in total. The first kappa shape index (κ1) is 20.5. The maximum atomic E-state index is 13.4. The second-order valence-electron chi connectivity index (χ2n) is 7.93. The van der Waals surface area contributed by atoms with Gasteiger partial charge in [-0.15, -0.1) is 0 Å². The summed E-state index contributed by atoms with van der Waals surface area (Å²) in [5.41, 5.74) is 2.15. The number of halogens is 1. The molecular formula is C22H24FN3O3. The van der Waals surface area contributed by atoms with Crippen LogP contribution in [0.4, 0.5) is 4.39 Å². The molecular weight excluding hydrogens is 373 g/mol. The van der Waals surface area contributed by atoms with Gasteiger partial charge < -0.3 is 10.1 Å². The number of esters is 1. The van der Waals surface area contributed by atoms with E-state index in [4.69, 9.17) is 4.74 Å². The Morgan fingerprint density at radius 1 is 1.21 bits per heavy atom. The van der Waals surface area contributed by atoms with Gasteiger partial charge in [-0.3, -0.25) is 9.20 Å². The number of hydrogen-bond acceptors (Lipinski definition) is 4. The lowest BCUT2D eigenvalue weighted by Gasteiger charge is -2.19. The average molecular weight is 397 g/mol. The van der Waals surface area contributed by atoms with Crippen molar-refractivity contribution in [2.45, 2.75) is 46.8 Å². The number of aryl methyl sites for hydroxylation is 2. The molecule has 2 aromatic heterocycles. The largest absolute Gasteiger partial charge is 0.455 e. The highest BCUT2D eigenvalue weighted by Gasteiger charge is 2.25. The number of hydrogen-bond donors (Lipinski definition) is 1. The first-order valence-electron chi connectivity index (χ1n) is 9.31. The Kier molecular flexibility index (Phi) is 5.42. The van der Waals surface area contributed by atoms with Crippen LogP contribution in [-0.2, 0) is 11.3 Å². The van der Waals surface area contributed by atoms with Gasteiger partial charge in [0.15, 0.2) is 11.3 Å². The van der Waals surface area contributed by atoms with E-state index in [1.54, 1.807) is 69.5 Å². The Hall–Kier alpha value is -3.22. The fourth-order valence-corrected chi connectivity index (χ4v) is 3.02. The molecule has 0 spiro atoms. The molecule has 29 heavy (non-hydrogen) atoms. The number of fused-ring (bicyclic) bond motifs is 1. The summed E-state index contributed by atoms with van der Waals surface area (Å²) in [6.07, 6.45) is 1.68. The molecule has 0 saturated carbocycles. The van der Waals surface area contributed by atoms with Crippen LogP contribution in [0.3, 0.4) is 0 Å². The van der Waals surface area contributed by atoms with E-state index in [0.29, 0.717) is 28.2 Å². The van der Waals surface area contributed by atoms with Crippen molar-refractivity contribution in [3.05, 3.63) is 70.4 Å². The summed E-state index contributed by atoms with van der Waals surface area (Å²) in [5.74, 6) is -1.12. The Morgan fingerprint density at radius 2 is 1.93 bits per heavy atom. The van der Waals surface area contributed by atoms with Gasteiger partial charge in [0.25, 0.3) is 5.91 Å². The van der Waals surface area contributed by atoms with Gasteiger partial charge >= 0.3 is 5.97 Å². The minimum absolute atomic E-state index is 0.250. The number of aromatic nitrogens is 2. The highest BCUT2D eigenvalue weighted by molar-refractivity contribution is 6.01. The molecule has 1 N–H and O–H groups in total. The van der Waals surface area contributed by atoms with Crippen molar-refractivity contribution in [3.63, 3.8) is 0 Å². The molecule has 0 bridgehead atoms. The summed E-state index contributed by atoms with van der Waals surface area (Å²) in [6.45, 7) is 9.00. The number of carbonyl (C=O) groups is 2. The number of pyridine rings is 1. The van der Waals surface area contributed by atoms with E-state index in [-0.39, 0.29) is 18.3 Å². The first-order chi connectivity index (χ1) is 13.6. The Morgan fingerprint density at radius 3 is 2.59 bits per heavy atom. The molecule has 3 aromatic rings. The Bertz CT molecular complexity index is 1100. The van der Waals surface area contributed by atoms with Crippen molar-refractivity contribution in [2.24, 2.45) is 0 Å². The van der Waals surface area contributed by atoms with Crippen molar-refractivity contribution in [3.8, 4) is 0 Å². The highest BCUT2D eigenvalue weighted by atomic mass is 19.1. The molecule has 2 heterocycles. The second kappa shape index (κ2) is 7.66. The van der Waals surface area contributed by atoms with E-state index in [1.807, 2.05) is 0 Å². The van der Waals surface area contributed by atoms with E-state index in [9.17, 15) is 14.0 Å². The minimum atomic E-state index is -0.643. The van der Waals surface area contributed by atoms with E-state index < -0.39 is 11.6 Å². The third kappa shape index (κ3) is 4.45. The lowest BCUT2D eigenvalue weighted by atomic mass is 10.1. The maximum absolute atomic E-state index is 13.4. The molecule has 0 aliphatic carbocycles. The number of amides is 1. The fraction of sp³-hybridized carbons (Fsp3) is 0.318. The molecule has 0 aliphatic rings. The van der Waals surface area contributed by atoms with Crippen LogP contribution >= 0.6 is 0 Å². The van der Waals surface area contributed by atoms with Crippen LogP contribution < -0.4 is 5.32 Å². The van der Waals surface area contributed by atoms with Gasteiger partial charge in [0.1, 0.15) is 11.4 Å². The quantitative estimate of drug-likeness (QED) is 0.676. The molecule has 0 aliphatic heterocycles. The predicted molar refractivity (Wildman–Crippen MR) is 107 cm³/mol. The Labute approximate surface area is 168 Å². The summed E-state index contributed by atoms with van der Waals surface area (Å²) in [6, 6.07) is 8.02. The van der Waals surface area contributed by atoms with Crippen LogP contribution in [0.25, 0.3) is 5.65 Å². The van der Waals surface area contributed by atoms with E-state index in [0.717, 1.165) is 5.56 Å². The molecule has 0 unspecified atom stereocenters. The second-order valence-corrected chi connectivity index (χ2v) is 7.93. The Balaban J connectivity index is 1.88. The van der Waals surface area contributed by atoms with Crippen molar-refractivity contribution in [1.82, 2.24) is 14.7 Å². The van der Waals surface area contributed by atoms with Crippen molar-refractivity contribution in [1.29, 1.82) is 0 Å². The topological polar surface area (TPSA) is 72.7 Å². The standard InChI is InChI=1S/C22H24FN3O3/c1-13-11-15(8-9-17(13)23)12-24-20(27)16-7-6-10-26-18(14(2)25-19(16)26)21(28)29-22(3,4)5/h6-11H,12H2,1-5H3,(H,24,27). The number of benzene rings is 1. The van der Waals surface area contributed by atoms with E-state index in [1.165, 1.54) is 6.07 Å². The molecule has 0 radical (unpaired) electrons. The van der Waals surface area contributed by atoms with Gasteiger partial charge in [0.05, 0.1) is 11.3 Å². The smallest absolute Gasteiger partial charge is 0.357 e. The first-order valence-corrected chi connectivity index (χ1v) is 9.31. The molecule has 7 heteroatoms. The molecule has 0 atom stereocenters. The normalized spacial score (nSPS) is 11.5. The summed E-state index contributed by atoms with van der Waals surface area (Å²) in [4.78, 5) is 29.8. The lowest BCUT2D eigenvalue weighted by Crippen LogP contribution is -2.25. The van der Waals surface area contributed by atoms with Gasteiger partial charge in [0.2, 0.25) is 0 Å². The van der Waals surface area contributed by atoms with Crippen molar-refractivity contribution < 1.29 is 18.7 Å². The number of rotatable bonds is 4. The minimum Gasteiger partial charge on any atom is -0.455 e. The van der Waals surface area contributed by atoms with Crippen LogP contribution in [0.15, 0.2) is 36.5 Å². The number of nitrogens with one attached hydrogen (secondary N) is 1. The molecule has 152 valence electrons. The molecule has 3 rings (SSSR count). The van der Waals surface area contributed by atoms with E-state index >= 15 is 0 Å². The van der Waals surface area contributed by atoms with Crippen LogP contribution in [0.5, 0.6) is 0 Å². The monoisotopic (exact) mass is 397 g/mol. The van der Waals surface area contributed by atoms with Crippen LogP contribution in [0.1, 0.15) is 58.4 Å². The number of imidazole rings is 1. The van der Waals surface area contributed by atoms with Gasteiger partial charge in [0, 0.05) is 12.7 Å². The number of carbonyl (C=O) groups excluding carboxylic acids is 2. The predicted octanol–water partition coefficient (Wildman–Crippen LogP) is 3.98. The lowest BCUT2D eigenvalue weighted by molar-refractivity contribution is 0.00606. The number of nitrogens with zero attached hydrogens (tertiary/aromatic N) is 2. The molecule has 1 aromatic carbocycles. The SMILES string of the molecule is Cc1cc(CNC(=O)c2cccn3c(C(=O)OC(C)(C)C)c(C)nc23)ccc1F. The van der Waals surface area contributed by atoms with Crippen molar-refractivity contribution in [2.75, 3.05) is 0 Å². The van der Waals surface area contributed by atoms with Crippen LogP contribution in [0.2, 0.25) is 0 Å². The van der Waals surface area contributed by atoms with Crippen LogP contribution in [-0.4, -0.2) is 26.9 Å². The van der Waals surface area contributed by atoms with Crippen LogP contribution in [0, 0.1) is 19.7 Å². The zero-order valence-corrected chi connectivity index (χ0v) is 17.2.